The van der Waals surface area contributed by atoms with Crippen LogP contribution in [0.15, 0.2) is 30.6 Å². The van der Waals surface area contributed by atoms with Crippen LogP contribution < -0.4 is 10.1 Å². The summed E-state index contributed by atoms with van der Waals surface area (Å²) in [6.07, 6.45) is 2.20. The lowest BCUT2D eigenvalue weighted by atomic mass is 10.0. The van der Waals surface area contributed by atoms with Gasteiger partial charge in [0.05, 0.1) is 17.2 Å². The summed E-state index contributed by atoms with van der Waals surface area (Å²) in [6, 6.07) is 7.52. The second kappa shape index (κ2) is 6.88. The largest absolute Gasteiger partial charge is 0.481 e. The molecule has 0 bridgehead atoms. The Kier molecular flexibility index (Phi) is 5.17. The Morgan fingerprint density at radius 2 is 2.00 bits per heavy atom. The van der Waals surface area contributed by atoms with Gasteiger partial charge in [0.15, 0.2) is 0 Å². The van der Waals surface area contributed by atoms with E-state index in [4.69, 9.17) is 27.9 Å². The van der Waals surface area contributed by atoms with Crippen LogP contribution in [0.25, 0.3) is 0 Å². The number of hydrogen-bond donors (Lipinski definition) is 1. The van der Waals surface area contributed by atoms with Crippen molar-refractivity contribution in [3.63, 3.8) is 0 Å². The van der Waals surface area contributed by atoms with Gasteiger partial charge < -0.3 is 10.1 Å². The van der Waals surface area contributed by atoms with Crippen molar-refractivity contribution in [1.29, 1.82) is 0 Å². The molecule has 2 rings (SSSR count). The second-order valence-electron chi connectivity index (χ2n) is 4.27. The van der Waals surface area contributed by atoms with Gasteiger partial charge in [-0.3, -0.25) is 0 Å². The highest BCUT2D eigenvalue weighted by atomic mass is 35.5. The fourth-order valence-electron chi connectivity index (χ4n) is 1.93. The number of rotatable bonds is 5. The van der Waals surface area contributed by atoms with E-state index >= 15 is 0 Å². The molecule has 6 heteroatoms. The molecule has 0 aliphatic heterocycles. The smallest absolute Gasteiger partial charge is 0.216 e. The van der Waals surface area contributed by atoms with E-state index in [2.05, 4.69) is 15.3 Å². The average molecular weight is 312 g/mol. The van der Waals surface area contributed by atoms with Gasteiger partial charge in [-0.05, 0) is 24.7 Å². The maximum Gasteiger partial charge on any atom is 0.216 e. The van der Waals surface area contributed by atoms with Gasteiger partial charge in [-0.1, -0.05) is 29.3 Å². The number of likely N-dealkylation sites (N-methyl/N-ethyl adjacent to an activating group) is 1. The highest BCUT2D eigenvalue weighted by Crippen LogP contribution is 2.27. The summed E-state index contributed by atoms with van der Waals surface area (Å²) < 4.78 is 5.10. The van der Waals surface area contributed by atoms with Crippen LogP contribution in [0.1, 0.15) is 17.3 Å². The van der Waals surface area contributed by atoms with Gasteiger partial charge in [0.2, 0.25) is 5.88 Å². The van der Waals surface area contributed by atoms with Crippen LogP contribution in [0.3, 0.4) is 0 Å². The van der Waals surface area contributed by atoms with Crippen molar-refractivity contribution in [2.45, 2.75) is 12.5 Å². The van der Waals surface area contributed by atoms with Gasteiger partial charge in [-0.2, -0.15) is 0 Å². The van der Waals surface area contributed by atoms with E-state index in [0.29, 0.717) is 22.3 Å². The fraction of sp³-hybridized carbons (Fsp3) is 0.286. The molecular weight excluding hydrogens is 297 g/mol. The standard InChI is InChI=1S/C14H15Cl2N3O/c1-17-13(9-3-4-11(15)12(16)5-9)6-10-7-14(20-2)19-8-18-10/h3-5,7-8,13,17H,6H2,1-2H3. The molecule has 1 aromatic carbocycles. The third-order valence-corrected chi connectivity index (χ3v) is 3.75. The quantitative estimate of drug-likeness (QED) is 0.920. The summed E-state index contributed by atoms with van der Waals surface area (Å²) in [5, 5.41) is 4.34. The van der Waals surface area contributed by atoms with Crippen molar-refractivity contribution >= 4 is 23.2 Å². The first kappa shape index (κ1) is 15.0. The molecule has 0 radical (unpaired) electrons. The van der Waals surface area contributed by atoms with Crippen LogP contribution in [0, 0.1) is 0 Å². The fourth-order valence-corrected chi connectivity index (χ4v) is 2.23. The molecule has 0 aliphatic rings. The Labute approximate surface area is 128 Å². The zero-order valence-electron chi connectivity index (χ0n) is 11.2. The van der Waals surface area contributed by atoms with Crippen LogP contribution in [-0.2, 0) is 6.42 Å². The number of nitrogens with zero attached hydrogens (tertiary/aromatic N) is 2. The highest BCUT2D eigenvalue weighted by Gasteiger charge is 2.13. The van der Waals surface area contributed by atoms with Gasteiger partial charge in [0.1, 0.15) is 6.33 Å². The minimum atomic E-state index is 0.0874. The molecule has 0 fully saturated rings. The molecule has 106 valence electrons. The van der Waals surface area contributed by atoms with Crippen LogP contribution in [0.5, 0.6) is 5.88 Å². The first-order valence-electron chi connectivity index (χ1n) is 6.11. The number of hydrogen-bond acceptors (Lipinski definition) is 4. The van der Waals surface area contributed by atoms with E-state index in [9.17, 15) is 0 Å². The molecule has 4 nitrogen and oxygen atoms in total. The molecule has 0 saturated carbocycles. The molecule has 1 atom stereocenters. The monoisotopic (exact) mass is 311 g/mol. The maximum atomic E-state index is 6.06. The van der Waals surface area contributed by atoms with Crippen molar-refractivity contribution < 1.29 is 4.74 Å². The summed E-state index contributed by atoms with van der Waals surface area (Å²) in [5.41, 5.74) is 1.95. The van der Waals surface area contributed by atoms with Gasteiger partial charge >= 0.3 is 0 Å². The lowest BCUT2D eigenvalue weighted by molar-refractivity contribution is 0.395. The first-order chi connectivity index (χ1) is 9.63. The Balaban J connectivity index is 2.21. The summed E-state index contributed by atoms with van der Waals surface area (Å²) in [4.78, 5) is 8.25. The van der Waals surface area contributed by atoms with E-state index in [-0.39, 0.29) is 6.04 Å². The number of halogens is 2. The highest BCUT2D eigenvalue weighted by molar-refractivity contribution is 6.42. The van der Waals surface area contributed by atoms with Crippen LogP contribution in [0.4, 0.5) is 0 Å². The lowest BCUT2D eigenvalue weighted by Crippen LogP contribution is -2.19. The molecule has 20 heavy (non-hydrogen) atoms. The van der Waals surface area contributed by atoms with Crippen molar-refractivity contribution in [2.24, 2.45) is 0 Å². The minimum absolute atomic E-state index is 0.0874. The molecule has 0 spiro atoms. The van der Waals surface area contributed by atoms with Gasteiger partial charge in [-0.25, -0.2) is 9.97 Å². The number of methoxy groups -OCH3 is 1. The zero-order chi connectivity index (χ0) is 14.5. The number of nitrogens with one attached hydrogen (secondary N) is 1. The van der Waals surface area contributed by atoms with Crippen molar-refractivity contribution in [2.75, 3.05) is 14.2 Å². The molecule has 1 unspecified atom stereocenters. The zero-order valence-corrected chi connectivity index (χ0v) is 12.7. The van der Waals surface area contributed by atoms with E-state index in [1.165, 1.54) is 6.33 Å². The lowest BCUT2D eigenvalue weighted by Gasteiger charge is -2.17. The third kappa shape index (κ3) is 3.60. The molecule has 0 aliphatic carbocycles. The van der Waals surface area contributed by atoms with Gasteiger partial charge in [-0.15, -0.1) is 0 Å². The summed E-state index contributed by atoms with van der Waals surface area (Å²) in [5.74, 6) is 0.555. The van der Waals surface area contributed by atoms with Crippen molar-refractivity contribution in [1.82, 2.24) is 15.3 Å². The van der Waals surface area contributed by atoms with E-state index < -0.39 is 0 Å². The summed E-state index contributed by atoms with van der Waals surface area (Å²) in [6.45, 7) is 0. The second-order valence-corrected chi connectivity index (χ2v) is 5.09. The Hall–Kier alpha value is -1.36. The Morgan fingerprint density at radius 1 is 1.20 bits per heavy atom. The van der Waals surface area contributed by atoms with E-state index in [0.717, 1.165) is 11.3 Å². The SMILES string of the molecule is CNC(Cc1cc(OC)ncn1)c1ccc(Cl)c(Cl)c1. The predicted octanol–water partition coefficient (Wildman–Crippen LogP) is 3.30. The van der Waals surface area contributed by atoms with Crippen LogP contribution in [-0.4, -0.2) is 24.1 Å². The third-order valence-electron chi connectivity index (χ3n) is 3.02. The van der Waals surface area contributed by atoms with Crippen LogP contribution in [0.2, 0.25) is 10.0 Å². The Bertz CT molecular complexity index is 592. The number of ether oxygens (including phenoxy) is 1. The summed E-state index contributed by atoms with van der Waals surface area (Å²) >= 11 is 12.0. The van der Waals surface area contributed by atoms with Crippen LogP contribution >= 0.6 is 23.2 Å². The van der Waals surface area contributed by atoms with Gasteiger partial charge in [0, 0.05) is 24.2 Å². The summed E-state index contributed by atoms with van der Waals surface area (Å²) in [7, 11) is 3.48. The van der Waals surface area contributed by atoms with Crippen molar-refractivity contribution in [3.8, 4) is 5.88 Å². The molecule has 2 aromatic rings. The molecule has 1 heterocycles. The maximum absolute atomic E-state index is 6.06. The van der Waals surface area contributed by atoms with Gasteiger partial charge in [0.25, 0.3) is 0 Å². The molecular formula is C14H15Cl2N3O. The first-order valence-corrected chi connectivity index (χ1v) is 6.86. The molecule has 0 saturated heterocycles. The van der Waals surface area contributed by atoms with E-state index in [1.807, 2.05) is 25.2 Å². The van der Waals surface area contributed by atoms with E-state index in [1.54, 1.807) is 13.2 Å². The number of aromatic nitrogens is 2. The normalized spacial score (nSPS) is 12.2. The topological polar surface area (TPSA) is 47.0 Å². The number of benzene rings is 1. The average Bonchev–Trinajstić information content (AvgIpc) is 2.48. The minimum Gasteiger partial charge on any atom is -0.481 e. The Morgan fingerprint density at radius 3 is 2.65 bits per heavy atom. The van der Waals surface area contributed by atoms with Crippen molar-refractivity contribution in [3.05, 3.63) is 51.9 Å². The predicted molar refractivity (Wildman–Crippen MR) is 80.6 cm³/mol. The molecule has 1 aromatic heterocycles. The molecule has 0 amide bonds. The molecule has 1 N–H and O–H groups in total.